The Morgan fingerprint density at radius 3 is 3.00 bits per heavy atom. The minimum absolute atomic E-state index is 0.208. The Hall–Kier alpha value is -2.96. The Morgan fingerprint density at radius 2 is 2.20 bits per heavy atom. The highest BCUT2D eigenvalue weighted by molar-refractivity contribution is 5.89. The molecule has 0 saturated heterocycles. The maximum Gasteiger partial charge on any atom is 0.335 e. The van der Waals surface area contributed by atoms with Crippen molar-refractivity contribution < 1.29 is 9.90 Å². The molecule has 7 nitrogen and oxygen atoms in total. The molecule has 0 radical (unpaired) electrons. The van der Waals surface area contributed by atoms with E-state index >= 15 is 0 Å². The van der Waals surface area contributed by atoms with Crippen LogP contribution in [0.1, 0.15) is 16.2 Å². The standard InChI is InChI=1S/C13H11N5O2/c1-8-16-17-12-11(14-5-6-18(8)12)15-10-4-2-3-9(7-10)13(19)20/h2-7H,1H3,(H,14,15)(H,19,20). The molecule has 0 spiro atoms. The second-order valence-electron chi connectivity index (χ2n) is 4.23. The van der Waals surface area contributed by atoms with Crippen LogP contribution in [-0.2, 0) is 0 Å². The lowest BCUT2D eigenvalue weighted by Crippen LogP contribution is -2.01. The van der Waals surface area contributed by atoms with Crippen LogP contribution in [0.4, 0.5) is 11.5 Å². The predicted molar refractivity (Wildman–Crippen MR) is 72.2 cm³/mol. The molecule has 0 bridgehead atoms. The van der Waals surface area contributed by atoms with Gasteiger partial charge in [-0.05, 0) is 25.1 Å². The number of anilines is 2. The lowest BCUT2D eigenvalue weighted by molar-refractivity contribution is 0.0697. The summed E-state index contributed by atoms with van der Waals surface area (Å²) in [5.41, 5.74) is 1.43. The van der Waals surface area contributed by atoms with Gasteiger partial charge in [0, 0.05) is 18.1 Å². The molecular formula is C13H11N5O2. The molecule has 100 valence electrons. The molecule has 0 aliphatic carbocycles. The lowest BCUT2D eigenvalue weighted by atomic mass is 10.2. The van der Waals surface area contributed by atoms with Crippen molar-refractivity contribution in [2.24, 2.45) is 0 Å². The first-order valence-electron chi connectivity index (χ1n) is 5.92. The Balaban J connectivity index is 2.01. The second kappa shape index (κ2) is 4.61. The third-order valence-electron chi connectivity index (χ3n) is 2.87. The molecule has 7 heteroatoms. The van der Waals surface area contributed by atoms with Crippen LogP contribution >= 0.6 is 0 Å². The molecule has 2 aromatic heterocycles. The Morgan fingerprint density at radius 1 is 1.35 bits per heavy atom. The van der Waals surface area contributed by atoms with Crippen molar-refractivity contribution in [1.29, 1.82) is 0 Å². The maximum atomic E-state index is 11.0. The number of nitrogens with one attached hydrogen (secondary N) is 1. The number of fused-ring (bicyclic) bond motifs is 1. The quantitative estimate of drug-likeness (QED) is 0.754. The van der Waals surface area contributed by atoms with Crippen molar-refractivity contribution >= 4 is 23.1 Å². The van der Waals surface area contributed by atoms with E-state index in [0.717, 1.165) is 5.82 Å². The van der Waals surface area contributed by atoms with Crippen LogP contribution in [-0.4, -0.2) is 30.7 Å². The number of hydrogen-bond acceptors (Lipinski definition) is 5. The van der Waals surface area contributed by atoms with Crippen LogP contribution < -0.4 is 5.32 Å². The van der Waals surface area contributed by atoms with Gasteiger partial charge in [0.05, 0.1) is 5.56 Å². The van der Waals surface area contributed by atoms with Gasteiger partial charge in [0.25, 0.3) is 0 Å². The van der Waals surface area contributed by atoms with Crippen LogP contribution in [0, 0.1) is 6.92 Å². The van der Waals surface area contributed by atoms with Gasteiger partial charge in [0.1, 0.15) is 5.82 Å². The van der Waals surface area contributed by atoms with Crippen LogP contribution in [0.15, 0.2) is 36.7 Å². The average molecular weight is 269 g/mol. The van der Waals surface area contributed by atoms with Crippen molar-refractivity contribution in [3.8, 4) is 0 Å². The van der Waals surface area contributed by atoms with E-state index in [-0.39, 0.29) is 5.56 Å². The summed E-state index contributed by atoms with van der Waals surface area (Å²) in [5.74, 6) is 0.304. The number of aromatic nitrogens is 4. The fourth-order valence-electron chi connectivity index (χ4n) is 1.90. The topological polar surface area (TPSA) is 92.4 Å². The molecular weight excluding hydrogens is 258 g/mol. The zero-order chi connectivity index (χ0) is 14.1. The van der Waals surface area contributed by atoms with Crippen molar-refractivity contribution in [2.45, 2.75) is 6.92 Å². The van der Waals surface area contributed by atoms with E-state index in [0.29, 0.717) is 17.2 Å². The first-order valence-corrected chi connectivity index (χ1v) is 5.92. The summed E-state index contributed by atoms with van der Waals surface area (Å²) >= 11 is 0. The summed E-state index contributed by atoms with van der Waals surface area (Å²) in [4.78, 5) is 15.2. The third-order valence-corrected chi connectivity index (χ3v) is 2.87. The largest absolute Gasteiger partial charge is 0.478 e. The molecule has 3 rings (SSSR count). The Bertz CT molecular complexity index is 796. The first kappa shape index (κ1) is 12.1. The zero-order valence-corrected chi connectivity index (χ0v) is 10.6. The minimum Gasteiger partial charge on any atom is -0.478 e. The molecule has 0 atom stereocenters. The van der Waals surface area contributed by atoms with E-state index in [1.807, 2.05) is 6.92 Å². The van der Waals surface area contributed by atoms with Gasteiger partial charge < -0.3 is 10.4 Å². The van der Waals surface area contributed by atoms with Crippen molar-refractivity contribution in [1.82, 2.24) is 19.6 Å². The zero-order valence-electron chi connectivity index (χ0n) is 10.6. The highest BCUT2D eigenvalue weighted by atomic mass is 16.4. The summed E-state index contributed by atoms with van der Waals surface area (Å²) in [6, 6.07) is 6.50. The number of aryl methyl sites for hydroxylation is 1. The smallest absolute Gasteiger partial charge is 0.335 e. The highest BCUT2D eigenvalue weighted by Crippen LogP contribution is 2.19. The Kier molecular flexibility index (Phi) is 2.79. The van der Waals surface area contributed by atoms with Gasteiger partial charge in [-0.25, -0.2) is 9.78 Å². The van der Waals surface area contributed by atoms with Crippen molar-refractivity contribution in [3.05, 3.63) is 48.0 Å². The number of benzene rings is 1. The second-order valence-corrected chi connectivity index (χ2v) is 4.23. The third kappa shape index (κ3) is 2.05. The summed E-state index contributed by atoms with van der Waals surface area (Å²) in [6.07, 6.45) is 3.40. The van der Waals surface area contributed by atoms with E-state index in [9.17, 15) is 4.79 Å². The molecule has 0 aliphatic heterocycles. The van der Waals surface area contributed by atoms with Crippen molar-refractivity contribution in [2.75, 3.05) is 5.32 Å². The lowest BCUT2D eigenvalue weighted by Gasteiger charge is -2.07. The van der Waals surface area contributed by atoms with Crippen LogP contribution in [0.5, 0.6) is 0 Å². The summed E-state index contributed by atoms with van der Waals surface area (Å²) in [5, 5.41) is 20.1. The molecule has 20 heavy (non-hydrogen) atoms. The number of carboxylic acids is 1. The number of carboxylic acid groups (broad SMARTS) is 1. The molecule has 0 unspecified atom stereocenters. The highest BCUT2D eigenvalue weighted by Gasteiger charge is 2.09. The number of aromatic carboxylic acids is 1. The molecule has 1 aromatic carbocycles. The molecule has 0 fully saturated rings. The number of hydrogen-bond donors (Lipinski definition) is 2. The SMILES string of the molecule is Cc1nnc2c(Nc3cccc(C(=O)O)c3)nccn12. The van der Waals surface area contributed by atoms with Gasteiger partial charge in [-0.3, -0.25) is 4.40 Å². The van der Waals surface area contributed by atoms with Gasteiger partial charge in [-0.1, -0.05) is 6.07 Å². The molecule has 3 aromatic rings. The molecule has 0 amide bonds. The van der Waals surface area contributed by atoms with Crippen LogP contribution in [0.2, 0.25) is 0 Å². The average Bonchev–Trinajstić information content (AvgIpc) is 2.82. The molecule has 0 saturated carbocycles. The number of carbonyl (C=O) groups is 1. The van der Waals surface area contributed by atoms with Gasteiger partial charge >= 0.3 is 5.97 Å². The monoisotopic (exact) mass is 269 g/mol. The molecule has 2 N–H and O–H groups in total. The van der Waals surface area contributed by atoms with Gasteiger partial charge in [-0.15, -0.1) is 10.2 Å². The van der Waals surface area contributed by atoms with E-state index in [1.165, 1.54) is 12.1 Å². The van der Waals surface area contributed by atoms with E-state index in [4.69, 9.17) is 5.11 Å². The fraction of sp³-hybridized carbons (Fsp3) is 0.0769. The Labute approximate surface area is 113 Å². The van der Waals surface area contributed by atoms with Gasteiger partial charge in [-0.2, -0.15) is 0 Å². The fourth-order valence-corrected chi connectivity index (χ4v) is 1.90. The van der Waals surface area contributed by atoms with E-state index in [1.54, 1.807) is 28.9 Å². The number of nitrogens with zero attached hydrogens (tertiary/aromatic N) is 4. The molecule has 2 heterocycles. The first-order chi connectivity index (χ1) is 9.65. The summed E-state index contributed by atoms with van der Waals surface area (Å²) in [7, 11) is 0. The number of rotatable bonds is 3. The maximum absolute atomic E-state index is 11.0. The normalized spacial score (nSPS) is 10.7. The summed E-state index contributed by atoms with van der Waals surface area (Å²) in [6.45, 7) is 1.84. The molecule has 0 aliphatic rings. The van der Waals surface area contributed by atoms with Gasteiger partial charge in [0.2, 0.25) is 5.65 Å². The van der Waals surface area contributed by atoms with Crippen molar-refractivity contribution in [3.63, 3.8) is 0 Å². The minimum atomic E-state index is -0.974. The van der Waals surface area contributed by atoms with Gasteiger partial charge in [0.15, 0.2) is 5.82 Å². The summed E-state index contributed by atoms with van der Waals surface area (Å²) < 4.78 is 1.80. The van der Waals surface area contributed by atoms with E-state index in [2.05, 4.69) is 20.5 Å². The van der Waals surface area contributed by atoms with E-state index < -0.39 is 5.97 Å². The van der Waals surface area contributed by atoms with Crippen LogP contribution in [0.3, 0.4) is 0 Å². The predicted octanol–water partition coefficient (Wildman–Crippen LogP) is 1.87. The van der Waals surface area contributed by atoms with Crippen LogP contribution in [0.25, 0.3) is 5.65 Å².